The molecule has 0 spiro atoms. The molecule has 1 aromatic carbocycles. The Hall–Kier alpha value is -2.27. The third kappa shape index (κ3) is 5.86. The molecule has 2 amide bonds. The van der Waals surface area contributed by atoms with Crippen molar-refractivity contribution in [2.75, 3.05) is 26.4 Å². The van der Waals surface area contributed by atoms with E-state index in [9.17, 15) is 18.0 Å². The summed E-state index contributed by atoms with van der Waals surface area (Å²) in [6, 6.07) is 10.8. The summed E-state index contributed by atoms with van der Waals surface area (Å²) in [5.74, 6) is 0.0475. The van der Waals surface area contributed by atoms with Crippen molar-refractivity contribution < 1.29 is 18.0 Å². The monoisotopic (exact) mass is 504 g/mol. The molecular weight excluding hydrogens is 472 g/mol. The van der Waals surface area contributed by atoms with Gasteiger partial charge in [-0.25, -0.2) is 8.42 Å². The number of likely N-dealkylation sites (N-methyl/N-ethyl adjacent to an activating group) is 1. The fourth-order valence-electron chi connectivity index (χ4n) is 4.89. The normalized spacial score (nSPS) is 23.8. The Kier molecular flexibility index (Phi) is 7.71. The lowest BCUT2D eigenvalue weighted by atomic mass is 10.0. The number of benzene rings is 1. The maximum absolute atomic E-state index is 13.0. The summed E-state index contributed by atoms with van der Waals surface area (Å²) in [6.45, 7) is 2.45. The molecule has 0 unspecified atom stereocenters. The van der Waals surface area contributed by atoms with Crippen LogP contribution in [-0.2, 0) is 32.5 Å². The van der Waals surface area contributed by atoms with Crippen molar-refractivity contribution in [2.24, 2.45) is 0 Å². The fraction of sp³-hybridized carbons (Fsp3) is 0.500. The number of sulfone groups is 1. The van der Waals surface area contributed by atoms with Crippen LogP contribution in [0.1, 0.15) is 29.7 Å². The van der Waals surface area contributed by atoms with Crippen LogP contribution in [0, 0.1) is 0 Å². The van der Waals surface area contributed by atoms with Crippen molar-refractivity contribution in [2.45, 2.75) is 55.4 Å². The van der Waals surface area contributed by atoms with Crippen LogP contribution in [0.3, 0.4) is 0 Å². The number of hydrogen-bond acceptors (Lipinski definition) is 7. The lowest BCUT2D eigenvalue weighted by molar-refractivity contribution is -0.126. The summed E-state index contributed by atoms with van der Waals surface area (Å²) >= 11 is 1.63. The minimum absolute atomic E-state index is 0.0201. The number of thiophene rings is 1. The van der Waals surface area contributed by atoms with E-state index in [1.807, 2.05) is 29.6 Å². The zero-order valence-corrected chi connectivity index (χ0v) is 21.2. The molecule has 3 heterocycles. The molecule has 2 aliphatic heterocycles. The number of nitrogens with one attached hydrogen (secondary N) is 2. The number of hydrogen-bond donors (Lipinski definition) is 2. The van der Waals surface area contributed by atoms with Crippen LogP contribution in [0.4, 0.5) is 0 Å². The van der Waals surface area contributed by atoms with Gasteiger partial charge in [-0.2, -0.15) is 0 Å². The second-order valence-corrected chi connectivity index (χ2v) is 12.2. The minimum atomic E-state index is -3.23. The van der Waals surface area contributed by atoms with Gasteiger partial charge in [-0.3, -0.25) is 19.4 Å². The van der Waals surface area contributed by atoms with Gasteiger partial charge in [-0.1, -0.05) is 18.2 Å². The van der Waals surface area contributed by atoms with Gasteiger partial charge in [0.05, 0.1) is 11.4 Å². The predicted molar refractivity (Wildman–Crippen MR) is 132 cm³/mol. The number of carbonyl (C=O) groups is 2. The van der Waals surface area contributed by atoms with Gasteiger partial charge in [0.15, 0.2) is 9.84 Å². The van der Waals surface area contributed by atoms with Crippen LogP contribution < -0.4 is 10.6 Å². The van der Waals surface area contributed by atoms with Crippen LogP contribution in [0.15, 0.2) is 46.7 Å². The third-order valence-corrected chi connectivity index (χ3v) is 8.84. The lowest BCUT2D eigenvalue weighted by Gasteiger charge is -2.33. The van der Waals surface area contributed by atoms with E-state index in [0.29, 0.717) is 37.4 Å². The highest BCUT2D eigenvalue weighted by Gasteiger charge is 2.44. The molecule has 10 heteroatoms. The Morgan fingerprint density at radius 2 is 2.00 bits per heavy atom. The first-order chi connectivity index (χ1) is 16.2. The SMILES string of the molecule is CN1[C@@H](CCC(=O)NCc2cccs2)CNC(=O)[C@@H]2[C@@H]1CCN2Cc1ccc(S(C)(=O)=O)cc1. The highest BCUT2D eigenvalue weighted by atomic mass is 32.2. The van der Waals surface area contributed by atoms with E-state index < -0.39 is 9.84 Å². The zero-order valence-electron chi connectivity index (χ0n) is 19.6. The smallest absolute Gasteiger partial charge is 0.239 e. The Balaban J connectivity index is 1.34. The molecule has 34 heavy (non-hydrogen) atoms. The van der Waals surface area contributed by atoms with Crippen molar-refractivity contribution in [1.29, 1.82) is 0 Å². The second-order valence-electron chi connectivity index (χ2n) is 9.15. The molecular formula is C24H32N4O4S2. The Labute approximate surface area is 205 Å². The molecule has 1 aromatic heterocycles. The molecule has 2 aromatic rings. The van der Waals surface area contributed by atoms with Crippen molar-refractivity contribution in [3.8, 4) is 0 Å². The fourth-order valence-corrected chi connectivity index (χ4v) is 6.16. The highest BCUT2D eigenvalue weighted by molar-refractivity contribution is 7.90. The molecule has 0 radical (unpaired) electrons. The third-order valence-electron chi connectivity index (χ3n) is 6.83. The molecule has 2 saturated heterocycles. The quantitative estimate of drug-likeness (QED) is 0.567. The summed E-state index contributed by atoms with van der Waals surface area (Å²) in [4.78, 5) is 31.2. The predicted octanol–water partition coefficient (Wildman–Crippen LogP) is 1.62. The van der Waals surface area contributed by atoms with Gasteiger partial charge in [-0.15, -0.1) is 11.3 Å². The number of rotatable bonds is 8. The van der Waals surface area contributed by atoms with Gasteiger partial charge >= 0.3 is 0 Å². The topological polar surface area (TPSA) is 98.8 Å². The van der Waals surface area contributed by atoms with E-state index in [1.165, 1.54) is 6.26 Å². The van der Waals surface area contributed by atoms with E-state index >= 15 is 0 Å². The van der Waals surface area contributed by atoms with Gasteiger partial charge < -0.3 is 10.6 Å². The molecule has 0 bridgehead atoms. The van der Waals surface area contributed by atoms with Gasteiger partial charge in [0.1, 0.15) is 6.04 Å². The first kappa shape index (κ1) is 24.8. The highest BCUT2D eigenvalue weighted by Crippen LogP contribution is 2.28. The van der Waals surface area contributed by atoms with Crippen LogP contribution in [0.2, 0.25) is 0 Å². The summed E-state index contributed by atoms with van der Waals surface area (Å²) in [5.41, 5.74) is 0.978. The number of amides is 2. The maximum Gasteiger partial charge on any atom is 0.239 e. The Morgan fingerprint density at radius 1 is 1.24 bits per heavy atom. The molecule has 0 aliphatic carbocycles. The van der Waals surface area contributed by atoms with Crippen molar-refractivity contribution >= 4 is 33.0 Å². The van der Waals surface area contributed by atoms with Crippen molar-refractivity contribution in [3.63, 3.8) is 0 Å². The standard InChI is InChI=1S/C24H32N4O4S2/c1-27-18(7-10-22(29)25-15-19-4-3-13-33-19)14-26-24(30)23-21(27)11-12-28(23)16-17-5-8-20(9-6-17)34(2,31)32/h3-6,8-9,13,18,21,23H,7,10-12,14-16H2,1-2H3,(H,25,29)(H,26,30)/t18-,21-,23-/m0/s1. The Morgan fingerprint density at radius 3 is 2.68 bits per heavy atom. The number of likely N-dealkylation sites (tertiary alicyclic amines) is 1. The minimum Gasteiger partial charge on any atom is -0.353 e. The number of nitrogens with zero attached hydrogens (tertiary/aromatic N) is 2. The van der Waals surface area contributed by atoms with Crippen molar-refractivity contribution in [3.05, 3.63) is 52.2 Å². The second kappa shape index (κ2) is 10.6. The average molecular weight is 505 g/mol. The average Bonchev–Trinajstić information content (AvgIpc) is 3.44. The summed E-state index contributed by atoms with van der Waals surface area (Å²) in [6.07, 6.45) is 3.17. The Bertz CT molecular complexity index is 1100. The number of carbonyl (C=O) groups excluding carboxylic acids is 2. The van der Waals surface area contributed by atoms with Crippen LogP contribution >= 0.6 is 11.3 Å². The van der Waals surface area contributed by atoms with Gasteiger partial charge in [0, 0.05) is 49.3 Å². The van der Waals surface area contributed by atoms with E-state index in [2.05, 4.69) is 27.5 Å². The zero-order chi connectivity index (χ0) is 24.3. The largest absolute Gasteiger partial charge is 0.353 e. The lowest BCUT2D eigenvalue weighted by Crippen LogP contribution is -2.49. The molecule has 2 N–H and O–H groups in total. The van der Waals surface area contributed by atoms with Gasteiger partial charge in [0.2, 0.25) is 11.8 Å². The summed E-state index contributed by atoms with van der Waals surface area (Å²) in [5, 5.41) is 8.06. The molecule has 4 rings (SSSR count). The van der Waals surface area contributed by atoms with Gasteiger partial charge in [0.25, 0.3) is 0 Å². The molecule has 2 aliphatic rings. The number of fused-ring (bicyclic) bond motifs is 1. The van der Waals surface area contributed by atoms with Crippen LogP contribution in [0.5, 0.6) is 0 Å². The molecule has 0 saturated carbocycles. The van der Waals surface area contributed by atoms with Crippen molar-refractivity contribution in [1.82, 2.24) is 20.4 Å². The van der Waals surface area contributed by atoms with E-state index in [1.54, 1.807) is 23.5 Å². The molecule has 3 atom stereocenters. The van der Waals surface area contributed by atoms with E-state index in [4.69, 9.17) is 0 Å². The summed E-state index contributed by atoms with van der Waals surface area (Å²) < 4.78 is 23.4. The molecule has 184 valence electrons. The van der Waals surface area contributed by atoms with Crippen LogP contribution in [0.25, 0.3) is 0 Å². The molecule has 2 fully saturated rings. The maximum atomic E-state index is 13.0. The van der Waals surface area contributed by atoms with Gasteiger partial charge in [-0.05, 0) is 49.0 Å². The first-order valence-electron chi connectivity index (χ1n) is 11.5. The molecule has 8 nitrogen and oxygen atoms in total. The van der Waals surface area contributed by atoms with Crippen LogP contribution in [-0.4, -0.2) is 74.6 Å². The first-order valence-corrected chi connectivity index (χ1v) is 14.3. The summed E-state index contributed by atoms with van der Waals surface area (Å²) in [7, 11) is -1.18. The van der Waals surface area contributed by atoms with E-state index in [-0.39, 0.29) is 29.9 Å². The van der Waals surface area contributed by atoms with E-state index in [0.717, 1.165) is 23.4 Å².